The lowest BCUT2D eigenvalue weighted by atomic mass is 9.85. The van der Waals surface area contributed by atoms with Crippen LogP contribution in [0.3, 0.4) is 0 Å². The van der Waals surface area contributed by atoms with Crippen molar-refractivity contribution in [1.29, 1.82) is 0 Å². The fourth-order valence-electron chi connectivity index (χ4n) is 3.81. The molecule has 0 saturated heterocycles. The molecule has 1 aliphatic rings. The van der Waals surface area contributed by atoms with Gasteiger partial charge in [-0.1, -0.05) is 60.7 Å². The second-order valence-corrected chi connectivity index (χ2v) is 7.01. The lowest BCUT2D eigenvalue weighted by molar-refractivity contribution is -0.140. The highest BCUT2D eigenvalue weighted by molar-refractivity contribution is 5.80. The largest absolute Gasteiger partial charge is 0.384 e. The molecule has 3 aromatic rings. The molecule has 138 valence electrons. The van der Waals surface area contributed by atoms with Gasteiger partial charge >= 0.3 is 0 Å². The molecule has 1 aromatic heterocycles. The summed E-state index contributed by atoms with van der Waals surface area (Å²) < 4.78 is 0. The van der Waals surface area contributed by atoms with Crippen molar-refractivity contribution in [1.82, 2.24) is 15.1 Å². The van der Waals surface area contributed by atoms with Crippen molar-refractivity contribution in [2.45, 2.75) is 31.9 Å². The number of aliphatic hydroxyl groups excluding tert-OH is 1. The van der Waals surface area contributed by atoms with Crippen LogP contribution in [0.15, 0.2) is 60.7 Å². The third-order valence-electron chi connectivity index (χ3n) is 5.17. The van der Waals surface area contributed by atoms with Crippen molar-refractivity contribution >= 4 is 5.91 Å². The summed E-state index contributed by atoms with van der Waals surface area (Å²) in [6.45, 7) is 2.59. The predicted molar refractivity (Wildman–Crippen MR) is 103 cm³/mol. The van der Waals surface area contributed by atoms with E-state index < -0.39 is 6.10 Å². The number of nitrogens with one attached hydrogen (secondary N) is 1. The van der Waals surface area contributed by atoms with Gasteiger partial charge < -0.3 is 10.0 Å². The first-order valence-corrected chi connectivity index (χ1v) is 9.28. The van der Waals surface area contributed by atoms with Gasteiger partial charge in [-0.25, -0.2) is 0 Å². The third kappa shape index (κ3) is 3.38. The summed E-state index contributed by atoms with van der Waals surface area (Å²) in [6.07, 6.45) is -0.266. The molecule has 0 fully saturated rings. The Kier molecular flexibility index (Phi) is 4.77. The van der Waals surface area contributed by atoms with Gasteiger partial charge in [0.25, 0.3) is 5.91 Å². The second kappa shape index (κ2) is 7.37. The number of amides is 1. The van der Waals surface area contributed by atoms with Gasteiger partial charge in [-0.05, 0) is 18.1 Å². The maximum Gasteiger partial charge on any atom is 0.251 e. The van der Waals surface area contributed by atoms with Crippen LogP contribution >= 0.6 is 0 Å². The van der Waals surface area contributed by atoms with E-state index in [-0.39, 0.29) is 11.8 Å². The highest BCUT2D eigenvalue weighted by atomic mass is 16.3. The molecule has 1 amide bonds. The molecule has 5 nitrogen and oxygen atoms in total. The lowest BCUT2D eigenvalue weighted by Gasteiger charge is -2.29. The quantitative estimate of drug-likeness (QED) is 0.751. The van der Waals surface area contributed by atoms with Gasteiger partial charge in [0.05, 0.1) is 11.6 Å². The number of benzene rings is 2. The molecule has 0 bridgehead atoms. The minimum atomic E-state index is -0.985. The van der Waals surface area contributed by atoms with E-state index in [1.807, 2.05) is 36.4 Å². The number of H-pyrrole nitrogens is 1. The maximum atomic E-state index is 12.3. The van der Waals surface area contributed by atoms with E-state index in [1.54, 1.807) is 4.90 Å². The molecule has 0 radical (unpaired) electrons. The van der Waals surface area contributed by atoms with E-state index in [0.29, 0.717) is 13.1 Å². The summed E-state index contributed by atoms with van der Waals surface area (Å²) in [5.74, 6) is -0.238. The van der Waals surface area contributed by atoms with Gasteiger partial charge in [-0.2, -0.15) is 5.10 Å². The van der Waals surface area contributed by atoms with E-state index in [4.69, 9.17) is 0 Å². The van der Waals surface area contributed by atoms with E-state index in [0.717, 1.165) is 34.5 Å². The molecule has 2 aromatic carbocycles. The Morgan fingerprint density at radius 1 is 1.07 bits per heavy atom. The fraction of sp³-hybridized carbons (Fsp3) is 0.273. The van der Waals surface area contributed by atoms with Gasteiger partial charge in [-0.3, -0.25) is 9.89 Å². The molecule has 5 heteroatoms. The van der Waals surface area contributed by atoms with Crippen LogP contribution in [-0.4, -0.2) is 38.8 Å². The first kappa shape index (κ1) is 17.5. The number of carbonyl (C=O) groups excluding carboxylic acids is 1. The average molecular weight is 361 g/mol. The molecular formula is C22H23N3O2. The predicted octanol–water partition coefficient (Wildman–Crippen LogP) is 2.86. The number of fused-ring (bicyclic) bond motifs is 1. The lowest BCUT2D eigenvalue weighted by Crippen LogP contribution is -2.41. The van der Waals surface area contributed by atoms with Crippen LogP contribution in [0.4, 0.5) is 0 Å². The number of aromatic amines is 1. The topological polar surface area (TPSA) is 69.2 Å². The number of hydrogen-bond donors (Lipinski definition) is 2. The van der Waals surface area contributed by atoms with Gasteiger partial charge in [0.2, 0.25) is 0 Å². The van der Waals surface area contributed by atoms with Crippen LogP contribution in [0.5, 0.6) is 0 Å². The SMILES string of the molecule is C[C@@H](O)C(=O)N1CCc2[nH]nc(C(c3ccccc3)c3ccccc3)c2C1. The summed E-state index contributed by atoms with van der Waals surface area (Å²) in [5, 5.41) is 17.5. The smallest absolute Gasteiger partial charge is 0.251 e. The van der Waals surface area contributed by atoms with Crippen molar-refractivity contribution in [2.24, 2.45) is 0 Å². The first-order chi connectivity index (χ1) is 13.1. The normalized spacial score (nSPS) is 14.9. The van der Waals surface area contributed by atoms with Crippen LogP contribution in [-0.2, 0) is 17.8 Å². The Morgan fingerprint density at radius 3 is 2.22 bits per heavy atom. The Labute approximate surface area is 158 Å². The van der Waals surface area contributed by atoms with Gasteiger partial charge in [0.1, 0.15) is 6.10 Å². The van der Waals surface area contributed by atoms with Gasteiger partial charge in [0.15, 0.2) is 0 Å². The zero-order valence-corrected chi connectivity index (χ0v) is 15.3. The molecule has 2 N–H and O–H groups in total. The van der Waals surface area contributed by atoms with E-state index in [2.05, 4.69) is 34.5 Å². The van der Waals surface area contributed by atoms with E-state index in [9.17, 15) is 9.90 Å². The minimum absolute atomic E-state index is 0.00555. The molecule has 2 heterocycles. The molecule has 1 aliphatic heterocycles. The fourth-order valence-corrected chi connectivity index (χ4v) is 3.81. The van der Waals surface area contributed by atoms with Crippen molar-refractivity contribution in [3.8, 4) is 0 Å². The zero-order valence-electron chi connectivity index (χ0n) is 15.3. The van der Waals surface area contributed by atoms with E-state index in [1.165, 1.54) is 6.92 Å². The monoisotopic (exact) mass is 361 g/mol. The summed E-state index contributed by atoms with van der Waals surface area (Å²) >= 11 is 0. The molecule has 4 rings (SSSR count). The number of rotatable bonds is 4. The second-order valence-electron chi connectivity index (χ2n) is 7.01. The summed E-state index contributed by atoms with van der Waals surface area (Å²) in [7, 11) is 0. The summed E-state index contributed by atoms with van der Waals surface area (Å²) in [6, 6.07) is 20.6. The van der Waals surface area contributed by atoms with Crippen molar-refractivity contribution in [3.63, 3.8) is 0 Å². The molecular weight excluding hydrogens is 338 g/mol. The first-order valence-electron chi connectivity index (χ1n) is 9.28. The van der Waals surface area contributed by atoms with E-state index >= 15 is 0 Å². The number of nitrogens with zero attached hydrogens (tertiary/aromatic N) is 2. The Bertz CT molecular complexity index is 880. The maximum absolute atomic E-state index is 12.3. The van der Waals surface area contributed by atoms with Gasteiger partial charge in [0, 0.05) is 30.8 Å². The number of hydrogen-bond acceptors (Lipinski definition) is 3. The molecule has 0 unspecified atom stereocenters. The summed E-state index contributed by atoms with van der Waals surface area (Å²) in [4.78, 5) is 14.0. The number of aliphatic hydroxyl groups is 1. The van der Waals surface area contributed by atoms with Crippen molar-refractivity contribution in [2.75, 3.05) is 6.54 Å². The molecule has 0 spiro atoms. The van der Waals surface area contributed by atoms with Crippen molar-refractivity contribution < 1.29 is 9.90 Å². The van der Waals surface area contributed by atoms with Crippen LogP contribution in [0.2, 0.25) is 0 Å². The minimum Gasteiger partial charge on any atom is -0.384 e. The number of carbonyl (C=O) groups is 1. The highest BCUT2D eigenvalue weighted by Crippen LogP contribution is 2.35. The zero-order chi connectivity index (χ0) is 18.8. The van der Waals surface area contributed by atoms with Crippen LogP contribution in [0, 0.1) is 0 Å². The van der Waals surface area contributed by atoms with Crippen LogP contribution in [0.25, 0.3) is 0 Å². The average Bonchev–Trinajstić information content (AvgIpc) is 3.12. The Morgan fingerprint density at radius 2 is 1.67 bits per heavy atom. The number of aromatic nitrogens is 2. The molecule has 0 saturated carbocycles. The molecule has 0 aliphatic carbocycles. The standard InChI is InChI=1S/C22H23N3O2/c1-15(26)22(27)25-13-12-19-18(14-25)21(24-23-19)20(16-8-4-2-5-9-16)17-10-6-3-7-11-17/h2-11,15,20,26H,12-14H2,1H3,(H,23,24)/t15-/m1/s1. The Hall–Kier alpha value is -2.92. The Balaban J connectivity index is 1.77. The van der Waals surface area contributed by atoms with Crippen LogP contribution in [0.1, 0.15) is 40.9 Å². The highest BCUT2D eigenvalue weighted by Gasteiger charge is 2.30. The van der Waals surface area contributed by atoms with Gasteiger partial charge in [-0.15, -0.1) is 0 Å². The van der Waals surface area contributed by atoms with Crippen molar-refractivity contribution in [3.05, 3.63) is 88.7 Å². The molecule has 27 heavy (non-hydrogen) atoms. The third-order valence-corrected chi connectivity index (χ3v) is 5.17. The molecule has 1 atom stereocenters. The van der Waals surface area contributed by atoms with Crippen LogP contribution < -0.4 is 0 Å². The summed E-state index contributed by atoms with van der Waals surface area (Å²) in [5.41, 5.74) is 5.42.